The monoisotopic (exact) mass is 475 g/mol. The predicted molar refractivity (Wildman–Crippen MR) is 118 cm³/mol. The van der Waals surface area contributed by atoms with E-state index in [9.17, 15) is 28.1 Å². The van der Waals surface area contributed by atoms with E-state index in [2.05, 4.69) is 20.6 Å². The SMILES string of the molecule is CCc1cc(C(F)(F)F)cc(NCCNc2ccc([N+](=O)[O-])cn2)c1OC(=O)c1cccnc1. The maximum atomic E-state index is 13.4. The number of nitrogens with zero attached hydrogens (tertiary/aromatic N) is 3. The first-order chi connectivity index (χ1) is 16.2. The zero-order valence-electron chi connectivity index (χ0n) is 17.9. The van der Waals surface area contributed by atoms with Gasteiger partial charge in [0.25, 0.3) is 5.69 Å². The van der Waals surface area contributed by atoms with Gasteiger partial charge in [-0.2, -0.15) is 13.2 Å². The van der Waals surface area contributed by atoms with Crippen molar-refractivity contribution in [2.45, 2.75) is 19.5 Å². The number of anilines is 2. The fourth-order valence-electron chi connectivity index (χ4n) is 2.99. The molecule has 0 radical (unpaired) electrons. The molecule has 1 aromatic carbocycles. The minimum absolute atomic E-state index is 0.00202. The summed E-state index contributed by atoms with van der Waals surface area (Å²) in [5, 5.41) is 16.5. The molecule has 3 rings (SSSR count). The van der Waals surface area contributed by atoms with E-state index >= 15 is 0 Å². The summed E-state index contributed by atoms with van der Waals surface area (Å²) in [6, 6.07) is 7.56. The number of hydrogen-bond acceptors (Lipinski definition) is 8. The van der Waals surface area contributed by atoms with Gasteiger partial charge in [0, 0.05) is 31.5 Å². The Morgan fingerprint density at radius 1 is 1.15 bits per heavy atom. The summed E-state index contributed by atoms with van der Waals surface area (Å²) in [4.78, 5) is 30.4. The van der Waals surface area contributed by atoms with E-state index in [0.717, 1.165) is 18.3 Å². The molecule has 0 fully saturated rings. The van der Waals surface area contributed by atoms with Crippen LogP contribution in [0.1, 0.15) is 28.4 Å². The van der Waals surface area contributed by atoms with Crippen molar-refractivity contribution >= 4 is 23.2 Å². The summed E-state index contributed by atoms with van der Waals surface area (Å²) in [5.41, 5.74) is -0.680. The summed E-state index contributed by atoms with van der Waals surface area (Å²) in [5.74, 6) is -0.398. The first-order valence-corrected chi connectivity index (χ1v) is 10.1. The van der Waals surface area contributed by atoms with Gasteiger partial charge in [0.15, 0.2) is 5.75 Å². The van der Waals surface area contributed by atoms with Crippen LogP contribution in [0.2, 0.25) is 0 Å². The topological polar surface area (TPSA) is 119 Å². The Morgan fingerprint density at radius 3 is 2.50 bits per heavy atom. The van der Waals surface area contributed by atoms with Gasteiger partial charge in [0.05, 0.1) is 21.7 Å². The Hall–Kier alpha value is -4.22. The van der Waals surface area contributed by atoms with Gasteiger partial charge in [-0.3, -0.25) is 15.1 Å². The lowest BCUT2D eigenvalue weighted by molar-refractivity contribution is -0.385. The predicted octanol–water partition coefficient (Wildman–Crippen LogP) is 4.71. The average Bonchev–Trinajstić information content (AvgIpc) is 2.82. The number of carbonyl (C=O) groups excluding carboxylic acids is 1. The molecule has 0 aliphatic rings. The molecule has 0 saturated heterocycles. The molecule has 9 nitrogen and oxygen atoms in total. The largest absolute Gasteiger partial charge is 0.420 e. The summed E-state index contributed by atoms with van der Waals surface area (Å²) in [6.07, 6.45) is -0.531. The van der Waals surface area contributed by atoms with Crippen molar-refractivity contribution in [2.75, 3.05) is 23.7 Å². The van der Waals surface area contributed by atoms with Gasteiger partial charge in [0.2, 0.25) is 0 Å². The number of nitro groups is 1. The number of nitrogens with one attached hydrogen (secondary N) is 2. The molecule has 0 saturated carbocycles. The molecule has 34 heavy (non-hydrogen) atoms. The molecule has 0 amide bonds. The van der Waals surface area contributed by atoms with Crippen LogP contribution in [0.4, 0.5) is 30.4 Å². The Balaban J connectivity index is 1.78. The number of ether oxygens (including phenoxy) is 1. The zero-order chi connectivity index (χ0) is 24.7. The number of rotatable bonds is 9. The normalized spacial score (nSPS) is 11.1. The molecule has 0 aliphatic heterocycles. The Morgan fingerprint density at radius 2 is 1.91 bits per heavy atom. The minimum Gasteiger partial charge on any atom is -0.420 e. The quantitative estimate of drug-likeness (QED) is 0.150. The number of carbonyl (C=O) groups is 1. The van der Waals surface area contributed by atoms with E-state index in [1.165, 1.54) is 30.6 Å². The van der Waals surface area contributed by atoms with E-state index in [4.69, 9.17) is 4.74 Å². The second-order valence-corrected chi connectivity index (χ2v) is 7.01. The van der Waals surface area contributed by atoms with Crippen LogP contribution < -0.4 is 15.4 Å². The highest BCUT2D eigenvalue weighted by Gasteiger charge is 2.32. The zero-order valence-corrected chi connectivity index (χ0v) is 17.9. The van der Waals surface area contributed by atoms with Gasteiger partial charge in [-0.25, -0.2) is 9.78 Å². The molecule has 0 aliphatic carbocycles. The minimum atomic E-state index is -4.59. The highest BCUT2D eigenvalue weighted by atomic mass is 19.4. The van der Waals surface area contributed by atoms with E-state index < -0.39 is 22.6 Å². The molecule has 0 bridgehead atoms. The molecule has 178 valence electrons. The molecular formula is C22H20F3N5O4. The number of pyridine rings is 2. The number of aryl methyl sites for hydroxylation is 1. The van der Waals surface area contributed by atoms with Crippen molar-refractivity contribution in [1.29, 1.82) is 0 Å². The molecule has 0 spiro atoms. The van der Waals surface area contributed by atoms with Gasteiger partial charge < -0.3 is 15.4 Å². The second kappa shape index (κ2) is 10.6. The highest BCUT2D eigenvalue weighted by molar-refractivity contribution is 5.91. The Bertz CT molecular complexity index is 1160. The van der Waals surface area contributed by atoms with Crippen LogP contribution in [0.3, 0.4) is 0 Å². The smallest absolute Gasteiger partial charge is 0.416 e. The second-order valence-electron chi connectivity index (χ2n) is 7.01. The number of aromatic nitrogens is 2. The summed E-state index contributed by atoms with van der Waals surface area (Å²) in [7, 11) is 0. The number of alkyl halides is 3. The molecule has 2 heterocycles. The van der Waals surface area contributed by atoms with Gasteiger partial charge in [-0.05, 0) is 42.3 Å². The highest BCUT2D eigenvalue weighted by Crippen LogP contribution is 2.38. The fourth-order valence-corrected chi connectivity index (χ4v) is 2.99. The fraction of sp³-hybridized carbons (Fsp3) is 0.227. The summed E-state index contributed by atoms with van der Waals surface area (Å²) < 4.78 is 45.8. The van der Waals surface area contributed by atoms with Crippen molar-refractivity contribution in [1.82, 2.24) is 9.97 Å². The lowest BCUT2D eigenvalue weighted by Gasteiger charge is -2.19. The van der Waals surface area contributed by atoms with Gasteiger partial charge in [-0.1, -0.05) is 6.92 Å². The lowest BCUT2D eigenvalue weighted by Crippen LogP contribution is -2.18. The number of benzene rings is 1. The van der Waals surface area contributed by atoms with E-state index in [-0.39, 0.29) is 47.8 Å². The van der Waals surface area contributed by atoms with Crippen molar-refractivity contribution in [3.05, 3.63) is 81.8 Å². The lowest BCUT2D eigenvalue weighted by atomic mass is 10.0. The van der Waals surface area contributed by atoms with Gasteiger partial charge in [0.1, 0.15) is 12.0 Å². The first kappa shape index (κ1) is 24.4. The number of esters is 1. The summed E-state index contributed by atoms with van der Waals surface area (Å²) in [6.45, 7) is 2.02. The van der Waals surface area contributed by atoms with Crippen molar-refractivity contribution in [2.24, 2.45) is 0 Å². The maximum absolute atomic E-state index is 13.4. The third-order valence-electron chi connectivity index (χ3n) is 4.67. The number of halogens is 3. The molecule has 0 atom stereocenters. The molecule has 2 aromatic heterocycles. The maximum Gasteiger partial charge on any atom is 0.416 e. The van der Waals surface area contributed by atoms with Crippen LogP contribution in [0.25, 0.3) is 0 Å². The van der Waals surface area contributed by atoms with Gasteiger partial charge in [-0.15, -0.1) is 0 Å². The van der Waals surface area contributed by atoms with E-state index in [0.29, 0.717) is 5.82 Å². The van der Waals surface area contributed by atoms with Crippen LogP contribution in [-0.2, 0) is 12.6 Å². The van der Waals surface area contributed by atoms with E-state index in [1.54, 1.807) is 13.0 Å². The molecule has 2 N–H and O–H groups in total. The van der Waals surface area contributed by atoms with Crippen molar-refractivity contribution < 1.29 is 27.6 Å². The Labute approximate surface area is 192 Å². The Kier molecular flexibility index (Phi) is 7.61. The number of hydrogen-bond donors (Lipinski definition) is 2. The first-order valence-electron chi connectivity index (χ1n) is 10.1. The van der Waals surface area contributed by atoms with E-state index in [1.807, 2.05) is 0 Å². The van der Waals surface area contributed by atoms with Crippen molar-refractivity contribution in [3.8, 4) is 5.75 Å². The third-order valence-corrected chi connectivity index (χ3v) is 4.67. The van der Waals surface area contributed by atoms with Crippen molar-refractivity contribution in [3.63, 3.8) is 0 Å². The van der Waals surface area contributed by atoms with Crippen LogP contribution >= 0.6 is 0 Å². The van der Waals surface area contributed by atoms with Crippen LogP contribution in [0, 0.1) is 10.1 Å². The standard InChI is InChI=1S/C22H20F3N5O4/c1-2-14-10-16(22(23,24)25)11-18(20(14)34-21(31)15-4-3-7-26-12-15)27-8-9-28-19-6-5-17(13-29-19)30(32)33/h3-7,10-13,27H,2,8-9H2,1H3,(H,28,29). The molecule has 0 unspecified atom stereocenters. The van der Waals surface area contributed by atoms with Gasteiger partial charge >= 0.3 is 12.1 Å². The average molecular weight is 475 g/mol. The van der Waals surface area contributed by atoms with Crippen LogP contribution in [0.5, 0.6) is 5.75 Å². The summed E-state index contributed by atoms with van der Waals surface area (Å²) >= 11 is 0. The van der Waals surface area contributed by atoms with Crippen LogP contribution in [0.15, 0.2) is 55.0 Å². The molecule has 3 aromatic rings. The van der Waals surface area contributed by atoms with Crippen LogP contribution in [-0.4, -0.2) is 34.0 Å². The molecule has 12 heteroatoms. The molecular weight excluding hydrogens is 455 g/mol. The third kappa shape index (κ3) is 6.18.